The van der Waals surface area contributed by atoms with Crippen LogP contribution in [0.4, 0.5) is 0 Å². The fraction of sp³-hybridized carbons (Fsp3) is 0.350. The van der Waals surface area contributed by atoms with Gasteiger partial charge in [0.05, 0.1) is 0 Å². The van der Waals surface area contributed by atoms with Gasteiger partial charge in [-0.3, -0.25) is 4.79 Å². The molecule has 0 aromatic heterocycles. The van der Waals surface area contributed by atoms with Crippen molar-refractivity contribution in [3.63, 3.8) is 0 Å². The zero-order valence-electron chi connectivity index (χ0n) is 13.3. The van der Waals surface area contributed by atoms with E-state index in [-0.39, 0.29) is 17.7 Å². The second kappa shape index (κ2) is 7.32. The fourth-order valence-corrected chi connectivity index (χ4v) is 3.31. The molecule has 2 aromatic rings. The summed E-state index contributed by atoms with van der Waals surface area (Å²) < 4.78 is 0. The van der Waals surface area contributed by atoms with Crippen LogP contribution in [0.1, 0.15) is 41.6 Å². The Morgan fingerprint density at radius 2 is 1.74 bits per heavy atom. The maximum Gasteiger partial charge on any atom is 0.254 e. The minimum absolute atomic E-state index is 0.135. The van der Waals surface area contributed by atoms with Gasteiger partial charge in [0.2, 0.25) is 0 Å². The Morgan fingerprint density at radius 3 is 2.48 bits per heavy atom. The van der Waals surface area contributed by atoms with Crippen LogP contribution in [0, 0.1) is 0 Å². The second-order valence-electron chi connectivity index (χ2n) is 6.24. The number of phenols is 1. The molecule has 1 aliphatic heterocycles. The van der Waals surface area contributed by atoms with Crippen molar-refractivity contribution in [3.05, 3.63) is 65.7 Å². The van der Waals surface area contributed by atoms with Gasteiger partial charge in [-0.1, -0.05) is 43.2 Å². The van der Waals surface area contributed by atoms with E-state index in [0.29, 0.717) is 0 Å². The van der Waals surface area contributed by atoms with Gasteiger partial charge in [-0.2, -0.15) is 0 Å². The highest BCUT2D eigenvalue weighted by Gasteiger charge is 2.26. The molecule has 1 heterocycles. The summed E-state index contributed by atoms with van der Waals surface area (Å²) >= 11 is 0. The minimum atomic E-state index is 0.135. The van der Waals surface area contributed by atoms with E-state index in [9.17, 15) is 9.90 Å². The lowest BCUT2D eigenvalue weighted by molar-refractivity contribution is 0.0682. The number of benzene rings is 2. The van der Waals surface area contributed by atoms with E-state index in [1.54, 1.807) is 12.1 Å². The number of hydrogen-bond donors (Lipinski definition) is 1. The summed E-state index contributed by atoms with van der Waals surface area (Å²) in [7, 11) is 0. The van der Waals surface area contributed by atoms with Crippen molar-refractivity contribution in [2.24, 2.45) is 0 Å². The Kier molecular flexibility index (Phi) is 4.96. The monoisotopic (exact) mass is 309 g/mol. The number of phenolic OH excluding ortho intramolecular Hbond substituents is 1. The average molecular weight is 309 g/mol. The Hall–Kier alpha value is -2.29. The summed E-state index contributed by atoms with van der Waals surface area (Å²) in [6.07, 6.45) is 5.31. The maximum atomic E-state index is 12.9. The number of rotatable bonds is 3. The molecule has 0 bridgehead atoms. The molecule has 1 unspecified atom stereocenters. The van der Waals surface area contributed by atoms with Gasteiger partial charge in [0.15, 0.2) is 0 Å². The van der Waals surface area contributed by atoms with Gasteiger partial charge in [-0.15, -0.1) is 0 Å². The molecule has 0 aliphatic carbocycles. The van der Waals surface area contributed by atoms with Gasteiger partial charge < -0.3 is 10.0 Å². The number of aromatic hydroxyl groups is 1. The van der Waals surface area contributed by atoms with E-state index < -0.39 is 0 Å². The molecular weight excluding hydrogens is 286 g/mol. The molecule has 1 saturated heterocycles. The number of likely N-dealkylation sites (tertiary alicyclic amines) is 1. The number of nitrogens with zero attached hydrogens (tertiary/aromatic N) is 1. The molecule has 1 N–H and O–H groups in total. The van der Waals surface area contributed by atoms with E-state index in [1.807, 2.05) is 42.5 Å². The molecule has 3 heteroatoms. The van der Waals surface area contributed by atoms with Crippen molar-refractivity contribution in [2.45, 2.75) is 38.1 Å². The molecule has 1 aliphatic rings. The van der Waals surface area contributed by atoms with Crippen LogP contribution in [-0.4, -0.2) is 28.5 Å². The van der Waals surface area contributed by atoms with Crippen molar-refractivity contribution >= 4 is 5.91 Å². The van der Waals surface area contributed by atoms with Gasteiger partial charge in [0, 0.05) is 18.2 Å². The second-order valence-corrected chi connectivity index (χ2v) is 6.24. The summed E-state index contributed by atoms with van der Waals surface area (Å²) in [5.41, 5.74) is 1.94. The van der Waals surface area contributed by atoms with E-state index in [1.165, 1.54) is 18.4 Å². The predicted octanol–water partition coefficient (Wildman–Crippen LogP) is 4.02. The molecule has 23 heavy (non-hydrogen) atoms. The summed E-state index contributed by atoms with van der Waals surface area (Å²) in [6, 6.07) is 17.1. The van der Waals surface area contributed by atoms with Crippen molar-refractivity contribution < 1.29 is 9.90 Å². The molecular formula is C20H23NO2. The van der Waals surface area contributed by atoms with Crippen LogP contribution < -0.4 is 0 Å². The SMILES string of the molecule is O=C(c1ccccc1)N1CCCCCC1Cc1ccc(O)cc1. The van der Waals surface area contributed by atoms with Crippen LogP contribution in [0.15, 0.2) is 54.6 Å². The van der Waals surface area contributed by atoms with Crippen LogP contribution >= 0.6 is 0 Å². The third-order valence-corrected chi connectivity index (χ3v) is 4.57. The third kappa shape index (κ3) is 3.92. The van der Waals surface area contributed by atoms with Gasteiger partial charge in [-0.05, 0) is 49.1 Å². The Bertz CT molecular complexity index is 636. The molecule has 1 fully saturated rings. The van der Waals surface area contributed by atoms with Crippen LogP contribution in [0.2, 0.25) is 0 Å². The fourth-order valence-electron chi connectivity index (χ4n) is 3.31. The Morgan fingerprint density at radius 1 is 1.00 bits per heavy atom. The van der Waals surface area contributed by atoms with Gasteiger partial charge >= 0.3 is 0 Å². The van der Waals surface area contributed by atoms with Gasteiger partial charge in [-0.25, -0.2) is 0 Å². The summed E-state index contributed by atoms with van der Waals surface area (Å²) in [5, 5.41) is 9.43. The topological polar surface area (TPSA) is 40.5 Å². The van der Waals surface area contributed by atoms with Crippen LogP contribution in [0.25, 0.3) is 0 Å². The normalized spacial score (nSPS) is 18.4. The zero-order chi connectivity index (χ0) is 16.1. The van der Waals surface area contributed by atoms with Gasteiger partial charge in [0.25, 0.3) is 5.91 Å². The highest BCUT2D eigenvalue weighted by Crippen LogP contribution is 2.23. The molecule has 3 nitrogen and oxygen atoms in total. The first-order valence-corrected chi connectivity index (χ1v) is 8.38. The molecule has 0 radical (unpaired) electrons. The van der Waals surface area contributed by atoms with Crippen molar-refractivity contribution in [2.75, 3.05) is 6.54 Å². The minimum Gasteiger partial charge on any atom is -0.508 e. The maximum absolute atomic E-state index is 12.9. The van der Waals surface area contributed by atoms with Crippen molar-refractivity contribution in [3.8, 4) is 5.75 Å². The van der Waals surface area contributed by atoms with E-state index >= 15 is 0 Å². The van der Waals surface area contributed by atoms with Gasteiger partial charge in [0.1, 0.15) is 5.75 Å². The van der Waals surface area contributed by atoms with E-state index in [2.05, 4.69) is 4.90 Å². The lowest BCUT2D eigenvalue weighted by atomic mass is 10.00. The first-order chi connectivity index (χ1) is 11.2. The van der Waals surface area contributed by atoms with Crippen molar-refractivity contribution in [1.82, 2.24) is 4.90 Å². The quantitative estimate of drug-likeness (QED) is 0.930. The third-order valence-electron chi connectivity index (χ3n) is 4.57. The van der Waals surface area contributed by atoms with Crippen LogP contribution in [-0.2, 0) is 6.42 Å². The number of carbonyl (C=O) groups is 1. The molecule has 0 saturated carbocycles. The largest absolute Gasteiger partial charge is 0.508 e. The lowest BCUT2D eigenvalue weighted by Gasteiger charge is -2.30. The standard InChI is InChI=1S/C20H23NO2/c22-19-12-10-16(11-13-19)15-18-9-5-2-6-14-21(18)20(23)17-7-3-1-4-8-17/h1,3-4,7-8,10-13,18,22H,2,5-6,9,14-15H2. The highest BCUT2D eigenvalue weighted by molar-refractivity contribution is 5.94. The molecule has 3 rings (SSSR count). The van der Waals surface area contributed by atoms with Crippen molar-refractivity contribution in [1.29, 1.82) is 0 Å². The first-order valence-electron chi connectivity index (χ1n) is 8.38. The summed E-state index contributed by atoms with van der Waals surface area (Å²) in [6.45, 7) is 0.830. The molecule has 120 valence electrons. The van der Waals surface area contributed by atoms with E-state index in [4.69, 9.17) is 0 Å². The first kappa shape index (κ1) is 15.6. The lowest BCUT2D eigenvalue weighted by Crippen LogP contribution is -2.41. The number of carbonyl (C=O) groups excluding carboxylic acids is 1. The average Bonchev–Trinajstić information content (AvgIpc) is 2.82. The summed E-state index contributed by atoms with van der Waals surface area (Å²) in [4.78, 5) is 14.9. The van der Waals surface area contributed by atoms with Crippen LogP contribution in [0.3, 0.4) is 0 Å². The highest BCUT2D eigenvalue weighted by atomic mass is 16.3. The predicted molar refractivity (Wildman–Crippen MR) is 91.5 cm³/mol. The zero-order valence-corrected chi connectivity index (χ0v) is 13.3. The Labute approximate surface area is 137 Å². The molecule has 1 amide bonds. The molecule has 0 spiro atoms. The Balaban J connectivity index is 1.79. The summed E-state index contributed by atoms with van der Waals surface area (Å²) in [5.74, 6) is 0.420. The number of hydrogen-bond acceptors (Lipinski definition) is 2. The smallest absolute Gasteiger partial charge is 0.254 e. The van der Waals surface area contributed by atoms with Crippen LogP contribution in [0.5, 0.6) is 5.75 Å². The molecule has 2 aromatic carbocycles. The van der Waals surface area contributed by atoms with E-state index in [0.717, 1.165) is 31.4 Å². The number of amides is 1. The molecule has 1 atom stereocenters.